The summed E-state index contributed by atoms with van der Waals surface area (Å²) >= 11 is 0. The zero-order chi connectivity index (χ0) is 24.2. The first kappa shape index (κ1) is 25.3. The number of ether oxygens (including phenoxy) is 1. The molecule has 2 rings (SSSR count). The number of esters is 1. The van der Waals surface area contributed by atoms with E-state index >= 15 is 0 Å². The summed E-state index contributed by atoms with van der Waals surface area (Å²) in [5.74, 6) is -1.56. The highest BCUT2D eigenvalue weighted by Gasteiger charge is 2.33. The molecule has 1 amide bonds. The number of hydrogen-bond acceptors (Lipinski definition) is 4. The highest BCUT2D eigenvalue weighted by molar-refractivity contribution is 6.07. The summed E-state index contributed by atoms with van der Waals surface area (Å²) in [6.45, 7) is 13.8. The maximum Gasteiger partial charge on any atom is 0.355 e. The van der Waals surface area contributed by atoms with Crippen LogP contribution in [-0.2, 0) is 11.3 Å². The van der Waals surface area contributed by atoms with Gasteiger partial charge in [-0.1, -0.05) is 19.9 Å². The molecule has 1 aromatic heterocycles. The molecule has 174 valence electrons. The fraction of sp³-hybridized carbons (Fsp3) is 0.480. The van der Waals surface area contributed by atoms with Crippen LogP contribution in [0.3, 0.4) is 0 Å². The molecule has 6 nitrogen and oxygen atoms in total. The fourth-order valence-electron chi connectivity index (χ4n) is 4.06. The lowest BCUT2D eigenvalue weighted by molar-refractivity contribution is 0.0512. The van der Waals surface area contributed by atoms with Gasteiger partial charge in [-0.25, -0.2) is 9.18 Å². The van der Waals surface area contributed by atoms with Gasteiger partial charge in [0.05, 0.1) is 12.6 Å². The summed E-state index contributed by atoms with van der Waals surface area (Å²) in [5.41, 5.74) is 2.17. The minimum Gasteiger partial charge on any atom is -0.461 e. The van der Waals surface area contributed by atoms with Crippen molar-refractivity contribution >= 4 is 17.7 Å². The summed E-state index contributed by atoms with van der Waals surface area (Å²) in [5, 5.41) is 0. The van der Waals surface area contributed by atoms with E-state index < -0.39 is 23.7 Å². The third-order valence-corrected chi connectivity index (χ3v) is 5.54. The predicted molar refractivity (Wildman–Crippen MR) is 122 cm³/mol. The summed E-state index contributed by atoms with van der Waals surface area (Å²) in [6, 6.07) is 4.67. The Morgan fingerprint density at radius 3 is 2.31 bits per heavy atom. The smallest absolute Gasteiger partial charge is 0.355 e. The largest absolute Gasteiger partial charge is 0.461 e. The van der Waals surface area contributed by atoms with Gasteiger partial charge in [-0.3, -0.25) is 9.59 Å². The van der Waals surface area contributed by atoms with E-state index in [1.165, 1.54) is 23.1 Å². The van der Waals surface area contributed by atoms with E-state index in [2.05, 4.69) is 0 Å². The molecule has 1 aromatic carbocycles. The number of Topliss-reactive ketones (excluding diaryl/α,β-unsaturated/α-hetero) is 1. The average Bonchev–Trinajstić information content (AvgIpc) is 2.99. The summed E-state index contributed by atoms with van der Waals surface area (Å²) in [6.07, 6.45) is 0. The quantitative estimate of drug-likeness (QED) is 0.411. The number of aromatic nitrogens is 1. The molecule has 0 spiro atoms. The molecule has 0 N–H and O–H groups in total. The monoisotopic (exact) mass is 444 g/mol. The number of hydrogen-bond donors (Lipinski definition) is 0. The molecule has 1 unspecified atom stereocenters. The second-order valence-electron chi connectivity index (χ2n) is 8.30. The van der Waals surface area contributed by atoms with Gasteiger partial charge in [0.1, 0.15) is 11.5 Å². The number of halogens is 1. The Morgan fingerprint density at radius 2 is 1.78 bits per heavy atom. The molecule has 7 heteroatoms. The van der Waals surface area contributed by atoms with Gasteiger partial charge in [0, 0.05) is 29.9 Å². The lowest BCUT2D eigenvalue weighted by atomic mass is 9.98. The molecule has 0 aliphatic rings. The lowest BCUT2D eigenvalue weighted by Gasteiger charge is -2.30. The summed E-state index contributed by atoms with van der Waals surface area (Å²) in [7, 11) is 0. The normalized spacial score (nSPS) is 12.0. The van der Waals surface area contributed by atoms with Gasteiger partial charge in [-0.05, 0) is 64.3 Å². The van der Waals surface area contributed by atoms with Gasteiger partial charge in [0.15, 0.2) is 5.78 Å². The second-order valence-corrected chi connectivity index (χ2v) is 8.30. The zero-order valence-corrected chi connectivity index (χ0v) is 20.0. The molecule has 1 heterocycles. The molecular formula is C25H33FN2O4. The molecule has 0 fully saturated rings. The minimum absolute atomic E-state index is 0.0975. The Bertz CT molecular complexity index is 1010. The Labute approximate surface area is 189 Å². The first-order valence-corrected chi connectivity index (χ1v) is 11.0. The van der Waals surface area contributed by atoms with E-state index in [1.807, 2.05) is 20.8 Å². The number of ketones is 1. The molecule has 0 radical (unpaired) electrons. The molecule has 0 bridgehead atoms. The van der Waals surface area contributed by atoms with Gasteiger partial charge in [0.2, 0.25) is 0 Å². The minimum atomic E-state index is -0.798. The number of nitrogens with zero attached hydrogens (tertiary/aromatic N) is 2. The van der Waals surface area contributed by atoms with E-state index in [0.717, 1.165) is 0 Å². The fourth-order valence-corrected chi connectivity index (χ4v) is 4.06. The van der Waals surface area contributed by atoms with Crippen LogP contribution >= 0.6 is 0 Å². The number of rotatable bonds is 9. The molecular weight excluding hydrogens is 411 g/mol. The summed E-state index contributed by atoms with van der Waals surface area (Å²) in [4.78, 5) is 40.9. The van der Waals surface area contributed by atoms with Crippen molar-refractivity contribution in [2.75, 3.05) is 13.2 Å². The molecule has 32 heavy (non-hydrogen) atoms. The van der Waals surface area contributed by atoms with Gasteiger partial charge >= 0.3 is 5.97 Å². The molecule has 1 atom stereocenters. The second kappa shape index (κ2) is 10.6. The van der Waals surface area contributed by atoms with E-state index in [1.54, 1.807) is 38.3 Å². The lowest BCUT2D eigenvalue weighted by Crippen LogP contribution is -2.45. The van der Waals surface area contributed by atoms with Crippen molar-refractivity contribution in [1.82, 2.24) is 9.47 Å². The van der Waals surface area contributed by atoms with Crippen LogP contribution in [-0.4, -0.2) is 46.3 Å². The Balaban J connectivity index is 2.51. The predicted octanol–water partition coefficient (Wildman–Crippen LogP) is 4.81. The van der Waals surface area contributed by atoms with Crippen molar-refractivity contribution in [3.05, 3.63) is 58.2 Å². The third kappa shape index (κ3) is 5.09. The standard InChI is InChI=1S/C25H33FN2O4/c1-8-27-17(6)21(16(5)22(27)25(31)32-9-2)23(29)18(7)28(14-15(3)4)24(30)19-11-10-12-20(26)13-19/h10-13,15,18H,8-9,14H2,1-7H3. The molecule has 0 aliphatic carbocycles. The van der Waals surface area contributed by atoms with E-state index in [0.29, 0.717) is 35.6 Å². The van der Waals surface area contributed by atoms with Crippen LogP contribution in [0.4, 0.5) is 4.39 Å². The van der Waals surface area contributed by atoms with E-state index in [4.69, 9.17) is 4.74 Å². The van der Waals surface area contributed by atoms with E-state index in [9.17, 15) is 18.8 Å². The Hall–Kier alpha value is -2.96. The topological polar surface area (TPSA) is 68.6 Å². The number of carbonyl (C=O) groups excluding carboxylic acids is 3. The van der Waals surface area contributed by atoms with Gasteiger partial charge in [-0.2, -0.15) is 0 Å². The Kier molecular flexibility index (Phi) is 8.36. The van der Waals surface area contributed by atoms with Gasteiger partial charge < -0.3 is 14.2 Å². The van der Waals surface area contributed by atoms with Crippen molar-refractivity contribution in [2.45, 2.75) is 61.1 Å². The average molecular weight is 445 g/mol. The number of amides is 1. The molecule has 0 aliphatic heterocycles. The molecule has 0 saturated heterocycles. The highest BCUT2D eigenvalue weighted by atomic mass is 19.1. The van der Waals surface area contributed by atoms with Crippen LogP contribution in [0.15, 0.2) is 24.3 Å². The first-order chi connectivity index (χ1) is 15.0. The van der Waals surface area contributed by atoms with E-state index in [-0.39, 0.29) is 23.9 Å². The SMILES string of the molecule is CCOC(=O)c1c(C)c(C(=O)C(C)N(CC(C)C)C(=O)c2cccc(F)c2)c(C)n1CC. The van der Waals surface area contributed by atoms with Gasteiger partial charge in [-0.15, -0.1) is 0 Å². The van der Waals surface area contributed by atoms with Crippen LogP contribution in [0.1, 0.15) is 77.1 Å². The highest BCUT2D eigenvalue weighted by Crippen LogP contribution is 2.26. The molecule has 2 aromatic rings. The maximum absolute atomic E-state index is 13.7. The van der Waals surface area contributed by atoms with Crippen LogP contribution in [0.2, 0.25) is 0 Å². The first-order valence-electron chi connectivity index (χ1n) is 11.0. The zero-order valence-electron chi connectivity index (χ0n) is 20.0. The van der Waals surface area contributed by atoms with Crippen LogP contribution in [0, 0.1) is 25.6 Å². The molecule has 0 saturated carbocycles. The van der Waals surface area contributed by atoms with Crippen LogP contribution < -0.4 is 0 Å². The third-order valence-electron chi connectivity index (χ3n) is 5.54. The van der Waals surface area contributed by atoms with Crippen molar-refractivity contribution in [2.24, 2.45) is 5.92 Å². The van der Waals surface area contributed by atoms with Crippen molar-refractivity contribution in [1.29, 1.82) is 0 Å². The van der Waals surface area contributed by atoms with Gasteiger partial charge in [0.25, 0.3) is 5.91 Å². The number of benzene rings is 1. The van der Waals surface area contributed by atoms with Crippen LogP contribution in [0.25, 0.3) is 0 Å². The van der Waals surface area contributed by atoms with Crippen molar-refractivity contribution in [3.63, 3.8) is 0 Å². The summed E-state index contributed by atoms with van der Waals surface area (Å²) < 4.78 is 20.7. The Morgan fingerprint density at radius 1 is 1.12 bits per heavy atom. The van der Waals surface area contributed by atoms with Crippen molar-refractivity contribution < 1.29 is 23.5 Å². The maximum atomic E-state index is 13.7. The van der Waals surface area contributed by atoms with Crippen molar-refractivity contribution in [3.8, 4) is 0 Å². The number of carbonyl (C=O) groups is 3. The van der Waals surface area contributed by atoms with Crippen LogP contribution in [0.5, 0.6) is 0 Å².